The maximum atomic E-state index is 13.9. The quantitative estimate of drug-likeness (QED) is 0.353. The molecular weight excluding hydrogens is 544 g/mol. The maximum Gasteiger partial charge on any atom is 0.264 e. The second kappa shape index (κ2) is 13.2. The third-order valence-electron chi connectivity index (χ3n) is 6.23. The predicted molar refractivity (Wildman–Crippen MR) is 146 cm³/mol. The molecule has 3 rings (SSSR count). The number of methoxy groups -OCH3 is 2. The van der Waals surface area contributed by atoms with Crippen molar-refractivity contribution in [2.75, 3.05) is 32.1 Å². The predicted octanol–water partition coefficient (Wildman–Crippen LogP) is 3.73. The van der Waals surface area contributed by atoms with Crippen LogP contribution in [0.1, 0.15) is 18.9 Å². The molecular formula is C28H31F2N3O6S. The molecule has 1 atom stereocenters. The van der Waals surface area contributed by atoms with Crippen LogP contribution in [-0.2, 0) is 26.2 Å². The standard InChI is InChI=1S/C28H31F2N3O6S/c1-5-24(28(35)31-2)32(17-19-6-8-20(29)9-7-19)27(34)18-33(22-12-10-21(30)11-13-22)40(36,37)23-14-15-25(38-3)26(16-23)39-4/h6-16,24H,5,17-18H2,1-4H3,(H,31,35)/t24-/m0/s1. The highest BCUT2D eigenvalue weighted by atomic mass is 32.2. The van der Waals surface area contributed by atoms with E-state index in [4.69, 9.17) is 9.47 Å². The molecule has 0 unspecified atom stereocenters. The van der Waals surface area contributed by atoms with Crippen LogP contribution in [0.2, 0.25) is 0 Å². The number of ether oxygens (including phenoxy) is 2. The Hall–Kier alpha value is -4.19. The smallest absolute Gasteiger partial charge is 0.264 e. The number of halogens is 2. The number of hydrogen-bond acceptors (Lipinski definition) is 6. The zero-order chi connectivity index (χ0) is 29.4. The van der Waals surface area contributed by atoms with Crippen molar-refractivity contribution in [2.45, 2.75) is 30.8 Å². The summed E-state index contributed by atoms with van der Waals surface area (Å²) in [4.78, 5) is 27.6. The fraction of sp³-hybridized carbons (Fsp3) is 0.286. The largest absolute Gasteiger partial charge is 0.493 e. The molecule has 0 bridgehead atoms. The summed E-state index contributed by atoms with van der Waals surface area (Å²) >= 11 is 0. The van der Waals surface area contributed by atoms with Gasteiger partial charge in [-0.2, -0.15) is 0 Å². The fourth-order valence-electron chi connectivity index (χ4n) is 4.11. The van der Waals surface area contributed by atoms with Crippen molar-refractivity contribution in [1.29, 1.82) is 0 Å². The van der Waals surface area contributed by atoms with Gasteiger partial charge < -0.3 is 19.7 Å². The van der Waals surface area contributed by atoms with Crippen molar-refractivity contribution in [3.63, 3.8) is 0 Å². The van der Waals surface area contributed by atoms with Crippen molar-refractivity contribution < 1.29 is 36.3 Å². The van der Waals surface area contributed by atoms with E-state index in [1.165, 1.54) is 80.8 Å². The normalized spacial score (nSPS) is 11.8. The van der Waals surface area contributed by atoms with Gasteiger partial charge in [-0.25, -0.2) is 17.2 Å². The molecule has 2 amide bonds. The first-order chi connectivity index (χ1) is 19.0. The molecule has 1 N–H and O–H groups in total. The van der Waals surface area contributed by atoms with Gasteiger partial charge in [0.1, 0.15) is 24.2 Å². The third kappa shape index (κ3) is 6.87. The minimum atomic E-state index is -4.41. The number of nitrogens with zero attached hydrogens (tertiary/aromatic N) is 2. The lowest BCUT2D eigenvalue weighted by atomic mass is 10.1. The molecule has 0 fully saturated rings. The molecule has 0 saturated carbocycles. The van der Waals surface area contributed by atoms with Crippen molar-refractivity contribution >= 4 is 27.5 Å². The van der Waals surface area contributed by atoms with E-state index in [-0.39, 0.29) is 29.3 Å². The van der Waals surface area contributed by atoms with E-state index in [1.807, 2.05) is 0 Å². The molecule has 12 heteroatoms. The Morgan fingerprint density at radius 2 is 1.48 bits per heavy atom. The van der Waals surface area contributed by atoms with Crippen molar-refractivity contribution in [2.24, 2.45) is 0 Å². The molecule has 0 aliphatic carbocycles. The first-order valence-corrected chi connectivity index (χ1v) is 13.8. The van der Waals surface area contributed by atoms with Crippen LogP contribution in [0.5, 0.6) is 11.5 Å². The summed E-state index contributed by atoms with van der Waals surface area (Å²) < 4.78 is 66.4. The van der Waals surface area contributed by atoms with Gasteiger partial charge >= 0.3 is 0 Å². The van der Waals surface area contributed by atoms with E-state index in [1.54, 1.807) is 6.92 Å². The molecule has 0 aliphatic heterocycles. The van der Waals surface area contributed by atoms with Crippen LogP contribution in [0.25, 0.3) is 0 Å². The average molecular weight is 576 g/mol. The summed E-state index contributed by atoms with van der Waals surface area (Å²) in [7, 11) is -0.225. The van der Waals surface area contributed by atoms with Crippen LogP contribution in [0.4, 0.5) is 14.5 Å². The Morgan fingerprint density at radius 3 is 2.00 bits per heavy atom. The Balaban J connectivity index is 2.08. The van der Waals surface area contributed by atoms with Crippen molar-refractivity contribution in [3.05, 3.63) is 83.9 Å². The minimum Gasteiger partial charge on any atom is -0.493 e. The molecule has 0 radical (unpaired) electrons. The van der Waals surface area contributed by atoms with Crippen LogP contribution in [0.3, 0.4) is 0 Å². The van der Waals surface area contributed by atoms with E-state index in [0.29, 0.717) is 11.3 Å². The molecule has 9 nitrogen and oxygen atoms in total. The maximum absolute atomic E-state index is 13.9. The summed E-state index contributed by atoms with van der Waals surface area (Å²) in [5.74, 6) is -1.77. The minimum absolute atomic E-state index is 0.0271. The van der Waals surface area contributed by atoms with Crippen LogP contribution in [-0.4, -0.2) is 59.0 Å². The average Bonchev–Trinajstić information content (AvgIpc) is 2.96. The number of hydrogen-bond donors (Lipinski definition) is 1. The van der Waals surface area contributed by atoms with E-state index in [9.17, 15) is 26.8 Å². The summed E-state index contributed by atoms with van der Waals surface area (Å²) in [6, 6.07) is 13.1. The number of likely N-dealkylation sites (N-methyl/N-ethyl adjacent to an activating group) is 1. The number of carbonyl (C=O) groups excluding carboxylic acids is 2. The van der Waals surface area contributed by atoms with E-state index in [0.717, 1.165) is 16.4 Å². The third-order valence-corrected chi connectivity index (χ3v) is 8.00. The lowest BCUT2D eigenvalue weighted by molar-refractivity contribution is -0.140. The summed E-state index contributed by atoms with van der Waals surface area (Å²) in [5, 5.41) is 2.52. The SMILES string of the molecule is CC[C@@H](C(=O)NC)N(Cc1ccc(F)cc1)C(=O)CN(c1ccc(F)cc1)S(=O)(=O)c1ccc(OC)c(OC)c1. The van der Waals surface area contributed by atoms with E-state index < -0.39 is 46.1 Å². The number of anilines is 1. The monoisotopic (exact) mass is 575 g/mol. The number of sulfonamides is 1. The van der Waals surface area contributed by atoms with E-state index in [2.05, 4.69) is 5.32 Å². The first kappa shape index (κ1) is 30.4. The molecule has 3 aromatic rings. The molecule has 0 heterocycles. The Bertz CT molecular complexity index is 1430. The number of nitrogens with one attached hydrogen (secondary N) is 1. The van der Waals surface area contributed by atoms with Gasteiger partial charge in [0.05, 0.1) is 24.8 Å². The van der Waals surface area contributed by atoms with Gasteiger partial charge in [0, 0.05) is 19.7 Å². The van der Waals surface area contributed by atoms with Gasteiger partial charge in [0.25, 0.3) is 10.0 Å². The lowest BCUT2D eigenvalue weighted by Crippen LogP contribution is -2.51. The van der Waals surface area contributed by atoms with Gasteiger partial charge in [-0.05, 0) is 60.5 Å². The van der Waals surface area contributed by atoms with Crippen molar-refractivity contribution in [1.82, 2.24) is 10.2 Å². The van der Waals surface area contributed by atoms with Crippen LogP contribution in [0, 0.1) is 11.6 Å². The molecule has 214 valence electrons. The Kier molecular flexibility index (Phi) is 10.1. The molecule has 0 aromatic heterocycles. The van der Waals surface area contributed by atoms with Crippen LogP contribution < -0.4 is 19.1 Å². The Morgan fingerprint density at radius 1 is 0.900 bits per heavy atom. The molecule has 0 aliphatic rings. The molecule has 0 saturated heterocycles. The van der Waals surface area contributed by atoms with Crippen LogP contribution >= 0.6 is 0 Å². The second-order valence-electron chi connectivity index (χ2n) is 8.69. The van der Waals surface area contributed by atoms with Gasteiger partial charge in [-0.3, -0.25) is 13.9 Å². The van der Waals surface area contributed by atoms with Gasteiger partial charge in [-0.15, -0.1) is 0 Å². The molecule has 40 heavy (non-hydrogen) atoms. The lowest BCUT2D eigenvalue weighted by Gasteiger charge is -2.33. The second-order valence-corrected chi connectivity index (χ2v) is 10.6. The van der Waals surface area contributed by atoms with Gasteiger partial charge in [0.2, 0.25) is 11.8 Å². The number of carbonyl (C=O) groups is 2. The molecule has 3 aromatic carbocycles. The topological polar surface area (TPSA) is 105 Å². The zero-order valence-corrected chi connectivity index (χ0v) is 23.4. The highest BCUT2D eigenvalue weighted by Gasteiger charge is 2.34. The van der Waals surface area contributed by atoms with Gasteiger partial charge in [0.15, 0.2) is 11.5 Å². The highest BCUT2D eigenvalue weighted by Crippen LogP contribution is 2.32. The Labute approximate surface area is 232 Å². The summed E-state index contributed by atoms with van der Waals surface area (Å²) in [6.07, 6.45) is 0.228. The first-order valence-electron chi connectivity index (χ1n) is 12.3. The van der Waals surface area contributed by atoms with Crippen LogP contribution in [0.15, 0.2) is 71.6 Å². The number of benzene rings is 3. The fourth-order valence-corrected chi connectivity index (χ4v) is 5.54. The van der Waals surface area contributed by atoms with Gasteiger partial charge in [-0.1, -0.05) is 19.1 Å². The van der Waals surface area contributed by atoms with Crippen molar-refractivity contribution in [3.8, 4) is 11.5 Å². The highest BCUT2D eigenvalue weighted by molar-refractivity contribution is 7.92. The summed E-state index contributed by atoms with van der Waals surface area (Å²) in [6.45, 7) is 0.915. The van der Waals surface area contributed by atoms with E-state index >= 15 is 0 Å². The zero-order valence-electron chi connectivity index (χ0n) is 22.6. The molecule has 0 spiro atoms. The number of rotatable bonds is 12. The number of amides is 2. The summed E-state index contributed by atoms with van der Waals surface area (Å²) in [5.41, 5.74) is 0.562.